The number of benzene rings is 2. The van der Waals surface area contributed by atoms with Gasteiger partial charge in [0.2, 0.25) is 0 Å². The third kappa shape index (κ3) is 4.13. The van der Waals surface area contributed by atoms with Crippen molar-refractivity contribution in [2.75, 3.05) is 0 Å². The molecule has 2 aliphatic rings. The van der Waals surface area contributed by atoms with Crippen LogP contribution in [-0.4, -0.2) is 38.6 Å². The second-order valence-electron chi connectivity index (χ2n) is 8.11. The zero-order chi connectivity index (χ0) is 20.5. The van der Waals surface area contributed by atoms with E-state index in [9.17, 15) is 9.59 Å². The highest BCUT2D eigenvalue weighted by atomic mass is 16.2. The fraction of sp³-hybridized carbons (Fsp3) is 0.292. The summed E-state index contributed by atoms with van der Waals surface area (Å²) in [4.78, 5) is 27.3. The Labute approximate surface area is 175 Å². The fourth-order valence-electron chi connectivity index (χ4n) is 3.55. The van der Waals surface area contributed by atoms with Crippen molar-refractivity contribution in [3.8, 4) is 5.69 Å². The van der Waals surface area contributed by atoms with E-state index in [0.717, 1.165) is 36.9 Å². The van der Waals surface area contributed by atoms with Crippen molar-refractivity contribution in [3.05, 3.63) is 83.7 Å². The van der Waals surface area contributed by atoms with Gasteiger partial charge in [-0.15, -0.1) is 0 Å². The molecule has 5 rings (SSSR count). The van der Waals surface area contributed by atoms with E-state index < -0.39 is 0 Å². The van der Waals surface area contributed by atoms with Gasteiger partial charge < -0.3 is 10.2 Å². The van der Waals surface area contributed by atoms with Crippen molar-refractivity contribution in [1.82, 2.24) is 20.0 Å². The molecular weight excluding hydrogens is 376 g/mol. The van der Waals surface area contributed by atoms with E-state index >= 15 is 0 Å². The summed E-state index contributed by atoms with van der Waals surface area (Å²) in [6.45, 7) is 0.551. The van der Waals surface area contributed by atoms with Crippen LogP contribution in [0.2, 0.25) is 0 Å². The van der Waals surface area contributed by atoms with Gasteiger partial charge >= 0.3 is 0 Å². The summed E-state index contributed by atoms with van der Waals surface area (Å²) in [7, 11) is 0. The molecule has 2 aromatic carbocycles. The lowest BCUT2D eigenvalue weighted by molar-refractivity contribution is 0.0729. The lowest BCUT2D eigenvalue weighted by Gasteiger charge is -2.23. The quantitative estimate of drug-likeness (QED) is 0.659. The molecule has 0 atom stereocenters. The number of hydrogen-bond donors (Lipinski definition) is 1. The molecule has 3 aromatic rings. The Morgan fingerprint density at radius 3 is 2.27 bits per heavy atom. The molecule has 2 amide bonds. The van der Waals surface area contributed by atoms with E-state index in [1.807, 2.05) is 65.7 Å². The smallest absolute Gasteiger partial charge is 0.254 e. The minimum Gasteiger partial charge on any atom is -0.349 e. The SMILES string of the molecule is O=C(NC1CC1)c1ccc(CN(C(=O)c2ccc(-n3cccn3)cc2)C2CC2)cc1. The van der Waals surface area contributed by atoms with E-state index in [-0.39, 0.29) is 11.8 Å². The first-order valence-corrected chi connectivity index (χ1v) is 10.5. The molecule has 0 unspecified atom stereocenters. The number of amides is 2. The Morgan fingerprint density at radius 2 is 1.67 bits per heavy atom. The van der Waals surface area contributed by atoms with Gasteiger partial charge in [-0.1, -0.05) is 12.1 Å². The summed E-state index contributed by atoms with van der Waals surface area (Å²) in [5.74, 6) is 0.0246. The predicted molar refractivity (Wildman–Crippen MR) is 113 cm³/mol. The maximum atomic E-state index is 13.2. The summed E-state index contributed by atoms with van der Waals surface area (Å²) in [6.07, 6.45) is 7.84. The topological polar surface area (TPSA) is 67.2 Å². The zero-order valence-electron chi connectivity index (χ0n) is 16.7. The molecule has 0 spiro atoms. The number of nitrogens with one attached hydrogen (secondary N) is 1. The predicted octanol–water partition coefficient (Wildman–Crippen LogP) is 3.57. The van der Waals surface area contributed by atoms with E-state index in [4.69, 9.17) is 0 Å². The maximum Gasteiger partial charge on any atom is 0.254 e. The number of carbonyl (C=O) groups excluding carboxylic acids is 2. The zero-order valence-corrected chi connectivity index (χ0v) is 16.7. The van der Waals surface area contributed by atoms with Crippen LogP contribution in [-0.2, 0) is 6.54 Å². The van der Waals surface area contributed by atoms with Crippen molar-refractivity contribution >= 4 is 11.8 Å². The lowest BCUT2D eigenvalue weighted by atomic mass is 10.1. The minimum atomic E-state index is -0.0172. The van der Waals surface area contributed by atoms with Crippen LogP contribution in [0, 0.1) is 0 Å². The van der Waals surface area contributed by atoms with E-state index in [1.165, 1.54) is 0 Å². The monoisotopic (exact) mass is 400 g/mol. The average molecular weight is 400 g/mol. The van der Waals surface area contributed by atoms with Gasteiger partial charge in [-0.25, -0.2) is 4.68 Å². The molecule has 0 bridgehead atoms. The number of nitrogens with zero attached hydrogens (tertiary/aromatic N) is 3. The Balaban J connectivity index is 1.28. The first-order valence-electron chi connectivity index (χ1n) is 10.5. The third-order valence-electron chi connectivity index (χ3n) is 5.61. The molecule has 0 aliphatic heterocycles. The molecule has 2 fully saturated rings. The van der Waals surface area contributed by atoms with Gasteiger partial charge in [0.25, 0.3) is 11.8 Å². The van der Waals surface area contributed by atoms with Gasteiger partial charge in [0.05, 0.1) is 5.69 Å². The molecule has 6 nitrogen and oxygen atoms in total. The highest BCUT2D eigenvalue weighted by molar-refractivity contribution is 5.95. The largest absolute Gasteiger partial charge is 0.349 e. The Hall–Kier alpha value is -3.41. The minimum absolute atomic E-state index is 0.0172. The standard InChI is InChI=1S/C24H24N4O2/c29-23(26-20-8-9-20)18-4-2-17(3-5-18)16-27(21-12-13-21)24(30)19-6-10-22(11-7-19)28-15-1-14-25-28/h1-7,10-11,14-15,20-21H,8-9,12-13,16H2,(H,26,29). The van der Waals surface area contributed by atoms with Crippen LogP contribution in [0.25, 0.3) is 5.69 Å². The van der Waals surface area contributed by atoms with Gasteiger partial charge in [0.1, 0.15) is 0 Å². The molecule has 1 aromatic heterocycles. The molecule has 0 saturated heterocycles. The maximum absolute atomic E-state index is 13.2. The second-order valence-corrected chi connectivity index (χ2v) is 8.11. The number of carbonyl (C=O) groups is 2. The van der Waals surface area contributed by atoms with Crippen molar-refractivity contribution in [3.63, 3.8) is 0 Å². The molecule has 6 heteroatoms. The number of hydrogen-bond acceptors (Lipinski definition) is 3. The highest BCUT2D eigenvalue weighted by Gasteiger charge is 2.33. The molecule has 152 valence electrons. The van der Waals surface area contributed by atoms with Crippen molar-refractivity contribution in [1.29, 1.82) is 0 Å². The van der Waals surface area contributed by atoms with Gasteiger partial charge in [-0.2, -0.15) is 5.10 Å². The summed E-state index contributed by atoms with van der Waals surface area (Å²) in [5.41, 5.74) is 3.31. The lowest BCUT2D eigenvalue weighted by Crippen LogP contribution is -2.32. The average Bonchev–Trinajstić information content (AvgIpc) is 3.72. The first kappa shape index (κ1) is 18.6. The second kappa shape index (κ2) is 7.78. The summed E-state index contributed by atoms with van der Waals surface area (Å²) in [5, 5.41) is 7.22. The van der Waals surface area contributed by atoms with Crippen LogP contribution >= 0.6 is 0 Å². The highest BCUT2D eigenvalue weighted by Crippen LogP contribution is 2.30. The number of rotatable bonds is 7. The molecule has 0 radical (unpaired) electrons. The Kier molecular flexibility index (Phi) is 4.83. The van der Waals surface area contributed by atoms with Crippen LogP contribution in [0.5, 0.6) is 0 Å². The summed E-state index contributed by atoms with van der Waals surface area (Å²) >= 11 is 0. The summed E-state index contributed by atoms with van der Waals surface area (Å²) < 4.78 is 1.77. The fourth-order valence-corrected chi connectivity index (χ4v) is 3.55. The van der Waals surface area contributed by atoms with Crippen LogP contribution in [0.1, 0.15) is 52.0 Å². The van der Waals surface area contributed by atoms with Crippen LogP contribution in [0.4, 0.5) is 0 Å². The molecular formula is C24H24N4O2. The van der Waals surface area contributed by atoms with Crippen LogP contribution in [0.15, 0.2) is 67.0 Å². The molecule has 2 saturated carbocycles. The van der Waals surface area contributed by atoms with Crippen molar-refractivity contribution < 1.29 is 9.59 Å². The molecule has 2 aliphatic carbocycles. The van der Waals surface area contributed by atoms with Crippen LogP contribution < -0.4 is 5.32 Å². The molecule has 30 heavy (non-hydrogen) atoms. The number of aromatic nitrogens is 2. The van der Waals surface area contributed by atoms with E-state index in [0.29, 0.717) is 29.8 Å². The van der Waals surface area contributed by atoms with Gasteiger partial charge in [0.15, 0.2) is 0 Å². The van der Waals surface area contributed by atoms with Crippen molar-refractivity contribution in [2.24, 2.45) is 0 Å². The molecule has 1 heterocycles. The van der Waals surface area contributed by atoms with Gasteiger partial charge in [-0.3, -0.25) is 9.59 Å². The van der Waals surface area contributed by atoms with E-state index in [1.54, 1.807) is 10.9 Å². The Morgan fingerprint density at radius 1 is 0.967 bits per heavy atom. The van der Waals surface area contributed by atoms with Crippen molar-refractivity contribution in [2.45, 2.75) is 44.3 Å². The Bertz CT molecular complexity index is 1030. The van der Waals surface area contributed by atoms with Gasteiger partial charge in [0, 0.05) is 42.1 Å². The van der Waals surface area contributed by atoms with Crippen LogP contribution in [0.3, 0.4) is 0 Å². The first-order chi connectivity index (χ1) is 14.7. The van der Waals surface area contributed by atoms with E-state index in [2.05, 4.69) is 10.4 Å². The molecule has 1 N–H and O–H groups in total. The summed E-state index contributed by atoms with van der Waals surface area (Å²) in [6, 6.07) is 17.7. The third-order valence-corrected chi connectivity index (χ3v) is 5.61. The van der Waals surface area contributed by atoms with Gasteiger partial charge in [-0.05, 0) is 73.7 Å². The normalized spacial score (nSPS) is 15.6.